The summed E-state index contributed by atoms with van der Waals surface area (Å²) in [4.78, 5) is 13.2. The first-order valence-corrected chi connectivity index (χ1v) is 13.6. The maximum atomic E-state index is 14.9. The highest BCUT2D eigenvalue weighted by Gasteiger charge is 2.21. The van der Waals surface area contributed by atoms with Crippen molar-refractivity contribution in [2.45, 2.75) is 32.4 Å². The number of hydrogen-bond acceptors (Lipinski definition) is 7. The summed E-state index contributed by atoms with van der Waals surface area (Å²) in [6.45, 7) is 11.0. The fourth-order valence-corrected chi connectivity index (χ4v) is 4.61. The van der Waals surface area contributed by atoms with Crippen molar-refractivity contribution in [2.24, 2.45) is 0 Å². The summed E-state index contributed by atoms with van der Waals surface area (Å²) in [5.74, 6) is 0.632. The van der Waals surface area contributed by atoms with Gasteiger partial charge in [-0.1, -0.05) is 11.6 Å². The standard InChI is InChI=1S/C26H33ClFN7OS/c1-17-16-29-25(31-18-7-9-23(21(28)14-18)35-12-10-34(5)11-13-35)32-24(17)30-19-6-8-20(27)22(15-19)33-37(36)26(2,3)4/h6-9,14-16,33H,10-13H2,1-5H3,(H2,29,30,31,32). The largest absolute Gasteiger partial charge is 0.367 e. The Hall–Kier alpha value is -2.95. The molecule has 2 aromatic carbocycles. The van der Waals surface area contributed by atoms with Gasteiger partial charge in [-0.05, 0) is 71.1 Å². The molecule has 0 bridgehead atoms. The van der Waals surface area contributed by atoms with E-state index < -0.39 is 15.7 Å². The van der Waals surface area contributed by atoms with Crippen molar-refractivity contribution in [2.75, 3.05) is 53.5 Å². The van der Waals surface area contributed by atoms with Crippen LogP contribution in [-0.2, 0) is 11.0 Å². The van der Waals surface area contributed by atoms with E-state index in [1.807, 2.05) is 39.8 Å². The summed E-state index contributed by atoms with van der Waals surface area (Å²) in [6, 6.07) is 10.4. The molecule has 0 spiro atoms. The van der Waals surface area contributed by atoms with E-state index in [2.05, 4.69) is 42.2 Å². The Morgan fingerprint density at radius 2 is 1.70 bits per heavy atom. The van der Waals surface area contributed by atoms with Gasteiger partial charge in [0.1, 0.15) is 22.6 Å². The summed E-state index contributed by atoms with van der Waals surface area (Å²) in [5.41, 5.74) is 3.26. The number of anilines is 6. The van der Waals surface area contributed by atoms with Crippen molar-refractivity contribution in [1.82, 2.24) is 14.9 Å². The number of hydrogen-bond donors (Lipinski definition) is 3. The van der Waals surface area contributed by atoms with Crippen molar-refractivity contribution < 1.29 is 8.60 Å². The Balaban J connectivity index is 1.49. The average molecular weight is 546 g/mol. The molecule has 3 N–H and O–H groups in total. The molecule has 0 radical (unpaired) electrons. The molecule has 198 valence electrons. The lowest BCUT2D eigenvalue weighted by atomic mass is 10.2. The van der Waals surface area contributed by atoms with Crippen LogP contribution in [-0.4, -0.2) is 57.1 Å². The molecular weight excluding hydrogens is 513 g/mol. The molecule has 8 nitrogen and oxygen atoms in total. The monoisotopic (exact) mass is 545 g/mol. The van der Waals surface area contributed by atoms with Crippen molar-refractivity contribution in [3.63, 3.8) is 0 Å². The van der Waals surface area contributed by atoms with E-state index in [9.17, 15) is 8.60 Å². The minimum Gasteiger partial charge on any atom is -0.367 e. The zero-order chi connectivity index (χ0) is 26.7. The van der Waals surface area contributed by atoms with Crippen LogP contribution in [0.1, 0.15) is 26.3 Å². The van der Waals surface area contributed by atoms with Crippen LogP contribution in [0.5, 0.6) is 0 Å². The molecule has 37 heavy (non-hydrogen) atoms. The summed E-state index contributed by atoms with van der Waals surface area (Å²) >= 11 is 6.32. The minimum atomic E-state index is -1.32. The van der Waals surface area contributed by atoms with Gasteiger partial charge in [0.15, 0.2) is 0 Å². The second-order valence-electron chi connectivity index (χ2n) is 10.1. The number of benzene rings is 2. The van der Waals surface area contributed by atoms with Crippen LogP contribution in [0, 0.1) is 12.7 Å². The van der Waals surface area contributed by atoms with Crippen LogP contribution in [0.15, 0.2) is 42.6 Å². The van der Waals surface area contributed by atoms with Gasteiger partial charge >= 0.3 is 0 Å². The Bertz CT molecular complexity index is 1290. The molecule has 1 unspecified atom stereocenters. The molecule has 1 aliphatic rings. The third-order valence-electron chi connectivity index (χ3n) is 6.01. The Morgan fingerprint density at radius 3 is 2.38 bits per heavy atom. The smallest absolute Gasteiger partial charge is 0.229 e. The van der Waals surface area contributed by atoms with Gasteiger partial charge in [0.05, 0.1) is 21.1 Å². The van der Waals surface area contributed by atoms with Crippen molar-refractivity contribution in [3.05, 3.63) is 59.0 Å². The van der Waals surface area contributed by atoms with Crippen LogP contribution in [0.2, 0.25) is 5.02 Å². The van der Waals surface area contributed by atoms with Crippen LogP contribution in [0.25, 0.3) is 0 Å². The summed E-state index contributed by atoms with van der Waals surface area (Å²) in [6.07, 6.45) is 1.69. The van der Waals surface area contributed by atoms with Gasteiger partial charge in [-0.15, -0.1) is 0 Å². The van der Waals surface area contributed by atoms with Crippen molar-refractivity contribution >= 4 is 57.1 Å². The zero-order valence-corrected chi connectivity index (χ0v) is 23.3. The molecule has 1 aromatic heterocycles. The average Bonchev–Trinajstić information content (AvgIpc) is 2.83. The Kier molecular flexibility index (Phi) is 8.20. The molecule has 0 amide bonds. The Morgan fingerprint density at radius 1 is 1.03 bits per heavy atom. The highest BCUT2D eigenvalue weighted by Crippen LogP contribution is 2.30. The summed E-state index contributed by atoms with van der Waals surface area (Å²) in [7, 11) is 0.748. The lowest BCUT2D eigenvalue weighted by Gasteiger charge is -2.34. The molecule has 4 rings (SSSR count). The van der Waals surface area contributed by atoms with E-state index in [-0.39, 0.29) is 5.82 Å². The fraction of sp³-hybridized carbons (Fsp3) is 0.385. The number of piperazine rings is 1. The molecule has 1 fully saturated rings. The van der Waals surface area contributed by atoms with E-state index in [1.165, 1.54) is 6.07 Å². The van der Waals surface area contributed by atoms with Gasteiger partial charge in [0, 0.05) is 49.3 Å². The molecular formula is C26H33ClFN7OS. The predicted octanol–water partition coefficient (Wildman–Crippen LogP) is 5.69. The van der Waals surface area contributed by atoms with Crippen molar-refractivity contribution in [3.8, 4) is 0 Å². The number of rotatable bonds is 7. The number of aromatic nitrogens is 2. The molecule has 3 aromatic rings. The molecule has 1 atom stereocenters. The van der Waals surface area contributed by atoms with Gasteiger partial charge in [-0.25, -0.2) is 13.6 Å². The van der Waals surface area contributed by atoms with Crippen LogP contribution in [0.3, 0.4) is 0 Å². The Labute approximate surface area is 225 Å². The number of aryl methyl sites for hydroxylation is 1. The lowest BCUT2D eigenvalue weighted by Crippen LogP contribution is -2.44. The van der Waals surface area contributed by atoms with E-state index in [0.29, 0.717) is 39.5 Å². The van der Waals surface area contributed by atoms with E-state index in [0.717, 1.165) is 31.7 Å². The first kappa shape index (κ1) is 27.1. The topological polar surface area (TPSA) is 85.4 Å². The maximum absolute atomic E-state index is 14.9. The third kappa shape index (κ3) is 6.88. The third-order valence-corrected chi connectivity index (χ3v) is 7.85. The van der Waals surface area contributed by atoms with Gasteiger partial charge < -0.3 is 25.2 Å². The molecule has 0 saturated carbocycles. The molecule has 0 aliphatic carbocycles. The number of nitrogens with zero attached hydrogens (tertiary/aromatic N) is 4. The SMILES string of the molecule is Cc1cnc(Nc2ccc(N3CCN(C)CC3)c(F)c2)nc1Nc1ccc(Cl)c(NS(=O)C(C)(C)C)c1. The van der Waals surface area contributed by atoms with Gasteiger partial charge in [-0.2, -0.15) is 4.98 Å². The maximum Gasteiger partial charge on any atom is 0.229 e. The number of halogens is 2. The molecule has 11 heteroatoms. The van der Waals surface area contributed by atoms with Gasteiger partial charge in [0.2, 0.25) is 5.95 Å². The van der Waals surface area contributed by atoms with Crippen LogP contribution < -0.4 is 20.3 Å². The highest BCUT2D eigenvalue weighted by molar-refractivity contribution is 7.87. The quantitative estimate of drug-likeness (QED) is 0.351. The van der Waals surface area contributed by atoms with E-state index in [1.54, 1.807) is 24.4 Å². The van der Waals surface area contributed by atoms with E-state index >= 15 is 0 Å². The second-order valence-corrected chi connectivity index (χ2v) is 12.5. The number of nitrogens with one attached hydrogen (secondary N) is 3. The summed E-state index contributed by atoms with van der Waals surface area (Å²) < 4.78 is 30.0. The second kappa shape index (κ2) is 11.2. The predicted molar refractivity (Wildman–Crippen MR) is 152 cm³/mol. The normalized spacial score (nSPS) is 15.4. The van der Waals surface area contributed by atoms with Gasteiger partial charge in [-0.3, -0.25) is 0 Å². The van der Waals surface area contributed by atoms with Crippen molar-refractivity contribution in [1.29, 1.82) is 0 Å². The van der Waals surface area contributed by atoms with Crippen LogP contribution in [0.4, 0.5) is 38.9 Å². The lowest BCUT2D eigenvalue weighted by molar-refractivity contribution is 0.311. The first-order chi connectivity index (χ1) is 17.5. The van der Waals surface area contributed by atoms with Gasteiger partial charge in [0.25, 0.3) is 0 Å². The molecule has 1 aliphatic heterocycles. The minimum absolute atomic E-state index is 0.283. The zero-order valence-electron chi connectivity index (χ0n) is 21.7. The summed E-state index contributed by atoms with van der Waals surface area (Å²) in [5, 5.41) is 6.83. The fourth-order valence-electron chi connectivity index (χ4n) is 3.72. The first-order valence-electron chi connectivity index (χ1n) is 12.1. The highest BCUT2D eigenvalue weighted by atomic mass is 35.5. The van der Waals surface area contributed by atoms with Crippen LogP contribution >= 0.6 is 11.6 Å². The van der Waals surface area contributed by atoms with E-state index in [4.69, 9.17) is 11.6 Å². The number of likely N-dealkylation sites (N-methyl/N-ethyl adjacent to an activating group) is 1. The molecule has 2 heterocycles. The molecule has 1 saturated heterocycles.